The molecule has 0 spiro atoms. The molecule has 0 aliphatic rings. The largest absolute Gasteiger partial charge is 0.345 e. The quantitative estimate of drug-likeness (QED) is 0.554. The minimum absolute atomic E-state index is 0.257. The van der Waals surface area contributed by atoms with Crippen LogP contribution in [-0.4, -0.2) is 19.0 Å². The van der Waals surface area contributed by atoms with Gasteiger partial charge in [0, 0.05) is 18.0 Å². The van der Waals surface area contributed by atoms with E-state index in [1.165, 1.54) is 0 Å². The molecule has 0 saturated heterocycles. The van der Waals surface area contributed by atoms with E-state index in [0.29, 0.717) is 13.1 Å². The minimum atomic E-state index is -0.257. The first kappa shape index (κ1) is 11.3. The summed E-state index contributed by atoms with van der Waals surface area (Å²) in [5, 5.41) is 2.66. The van der Waals surface area contributed by atoms with Crippen LogP contribution in [0.15, 0.2) is 30.3 Å². The highest BCUT2D eigenvalue weighted by molar-refractivity contribution is 5.94. The highest BCUT2D eigenvalue weighted by Crippen LogP contribution is 1.94. The lowest BCUT2D eigenvalue weighted by atomic mass is 10.2. The van der Waals surface area contributed by atoms with Crippen LogP contribution in [-0.2, 0) is 4.79 Å². The van der Waals surface area contributed by atoms with Crippen molar-refractivity contribution in [2.24, 2.45) is 5.73 Å². The Bertz CT molecular complexity index is 362. The van der Waals surface area contributed by atoms with Crippen molar-refractivity contribution in [3.8, 4) is 11.8 Å². The molecular formula is C12H14N2O. The molecule has 3 N–H and O–H groups in total. The first-order valence-electron chi connectivity index (χ1n) is 4.88. The Morgan fingerprint density at radius 2 is 2.07 bits per heavy atom. The molecule has 1 aromatic rings. The Hall–Kier alpha value is -1.79. The van der Waals surface area contributed by atoms with Crippen LogP contribution in [0.25, 0.3) is 0 Å². The Kier molecular flexibility index (Phi) is 4.99. The average molecular weight is 202 g/mol. The predicted molar refractivity (Wildman–Crippen MR) is 60.0 cm³/mol. The monoisotopic (exact) mass is 202 g/mol. The van der Waals surface area contributed by atoms with Gasteiger partial charge in [0.2, 0.25) is 0 Å². The summed E-state index contributed by atoms with van der Waals surface area (Å²) in [6.45, 7) is 1.16. The van der Waals surface area contributed by atoms with Crippen molar-refractivity contribution < 1.29 is 4.79 Å². The molecule has 0 atom stereocenters. The van der Waals surface area contributed by atoms with Gasteiger partial charge in [-0.1, -0.05) is 24.1 Å². The molecule has 0 radical (unpaired) electrons. The molecule has 3 nitrogen and oxygen atoms in total. The third kappa shape index (κ3) is 4.84. The maximum absolute atomic E-state index is 11.2. The summed E-state index contributed by atoms with van der Waals surface area (Å²) in [6, 6.07) is 9.40. The number of amides is 1. The Morgan fingerprint density at radius 1 is 1.33 bits per heavy atom. The molecule has 1 rings (SSSR count). The Balaban J connectivity index is 2.41. The van der Waals surface area contributed by atoms with E-state index >= 15 is 0 Å². The van der Waals surface area contributed by atoms with Crippen LogP contribution in [0, 0.1) is 11.8 Å². The summed E-state index contributed by atoms with van der Waals surface area (Å²) < 4.78 is 0. The fourth-order valence-electron chi connectivity index (χ4n) is 0.999. The molecule has 0 fully saturated rings. The highest BCUT2D eigenvalue weighted by Gasteiger charge is 1.92. The third-order valence-corrected chi connectivity index (χ3v) is 1.76. The van der Waals surface area contributed by atoms with E-state index in [1.807, 2.05) is 30.3 Å². The fourth-order valence-corrected chi connectivity index (χ4v) is 0.999. The van der Waals surface area contributed by atoms with Crippen molar-refractivity contribution in [1.82, 2.24) is 5.32 Å². The second-order valence-corrected chi connectivity index (χ2v) is 3.01. The SMILES string of the molecule is NCCCNC(=O)C#Cc1ccccc1. The van der Waals surface area contributed by atoms with Gasteiger partial charge in [0.15, 0.2) is 0 Å². The summed E-state index contributed by atoms with van der Waals surface area (Å²) >= 11 is 0. The van der Waals surface area contributed by atoms with Crippen LogP contribution in [0.4, 0.5) is 0 Å². The number of carbonyl (C=O) groups is 1. The van der Waals surface area contributed by atoms with Gasteiger partial charge in [0.05, 0.1) is 0 Å². The number of rotatable bonds is 3. The molecule has 15 heavy (non-hydrogen) atoms. The number of nitrogens with one attached hydrogen (secondary N) is 1. The zero-order valence-corrected chi connectivity index (χ0v) is 8.49. The molecule has 0 heterocycles. The number of benzene rings is 1. The van der Waals surface area contributed by atoms with E-state index in [2.05, 4.69) is 17.2 Å². The van der Waals surface area contributed by atoms with Gasteiger partial charge in [-0.15, -0.1) is 0 Å². The van der Waals surface area contributed by atoms with Gasteiger partial charge in [-0.05, 0) is 25.1 Å². The molecule has 0 unspecified atom stereocenters. The van der Waals surface area contributed by atoms with Crippen LogP contribution in [0.3, 0.4) is 0 Å². The topological polar surface area (TPSA) is 55.1 Å². The van der Waals surface area contributed by atoms with Crippen LogP contribution >= 0.6 is 0 Å². The van der Waals surface area contributed by atoms with Gasteiger partial charge in [0.1, 0.15) is 0 Å². The van der Waals surface area contributed by atoms with Gasteiger partial charge in [-0.25, -0.2) is 0 Å². The molecule has 0 aliphatic carbocycles. The molecule has 0 saturated carbocycles. The Morgan fingerprint density at radius 3 is 2.73 bits per heavy atom. The number of hydrogen-bond acceptors (Lipinski definition) is 2. The minimum Gasteiger partial charge on any atom is -0.345 e. The zero-order valence-electron chi connectivity index (χ0n) is 8.49. The fraction of sp³-hybridized carbons (Fsp3) is 0.250. The lowest BCUT2D eigenvalue weighted by Gasteiger charge is -1.96. The number of carbonyl (C=O) groups excluding carboxylic acids is 1. The lowest BCUT2D eigenvalue weighted by molar-refractivity contribution is -0.115. The standard InChI is InChI=1S/C12H14N2O/c13-9-4-10-14-12(15)8-7-11-5-2-1-3-6-11/h1-3,5-6H,4,9-10,13H2,(H,14,15). The lowest BCUT2D eigenvalue weighted by Crippen LogP contribution is -2.24. The molecule has 0 aliphatic heterocycles. The van der Waals surface area contributed by atoms with E-state index in [4.69, 9.17) is 5.73 Å². The molecule has 3 heteroatoms. The predicted octanol–water partition coefficient (Wildman–Crippen LogP) is 0.503. The second kappa shape index (κ2) is 6.63. The van der Waals surface area contributed by atoms with Crippen molar-refractivity contribution in [3.05, 3.63) is 35.9 Å². The summed E-state index contributed by atoms with van der Waals surface area (Å²) in [4.78, 5) is 11.2. The molecular weight excluding hydrogens is 188 g/mol. The maximum atomic E-state index is 11.2. The summed E-state index contributed by atoms with van der Waals surface area (Å²) in [5.74, 6) is 5.04. The van der Waals surface area contributed by atoms with E-state index in [0.717, 1.165) is 12.0 Å². The summed E-state index contributed by atoms with van der Waals surface area (Å²) in [5.41, 5.74) is 6.13. The van der Waals surface area contributed by atoms with Crippen molar-refractivity contribution in [2.45, 2.75) is 6.42 Å². The van der Waals surface area contributed by atoms with Crippen molar-refractivity contribution in [1.29, 1.82) is 0 Å². The van der Waals surface area contributed by atoms with Crippen LogP contribution < -0.4 is 11.1 Å². The third-order valence-electron chi connectivity index (χ3n) is 1.76. The van der Waals surface area contributed by atoms with Crippen molar-refractivity contribution in [2.75, 3.05) is 13.1 Å². The highest BCUT2D eigenvalue weighted by atomic mass is 16.1. The summed E-state index contributed by atoms with van der Waals surface area (Å²) in [6.07, 6.45) is 0.777. The van der Waals surface area contributed by atoms with Crippen LogP contribution in [0.2, 0.25) is 0 Å². The number of nitrogens with two attached hydrogens (primary N) is 1. The van der Waals surface area contributed by atoms with Gasteiger partial charge >= 0.3 is 0 Å². The number of hydrogen-bond donors (Lipinski definition) is 2. The first-order valence-corrected chi connectivity index (χ1v) is 4.88. The Labute approximate surface area is 89.7 Å². The van der Waals surface area contributed by atoms with Crippen LogP contribution in [0.1, 0.15) is 12.0 Å². The van der Waals surface area contributed by atoms with E-state index in [1.54, 1.807) is 0 Å². The smallest absolute Gasteiger partial charge is 0.296 e. The molecule has 78 valence electrons. The molecule has 1 amide bonds. The second-order valence-electron chi connectivity index (χ2n) is 3.01. The first-order chi connectivity index (χ1) is 7.33. The average Bonchev–Trinajstić information content (AvgIpc) is 2.28. The van der Waals surface area contributed by atoms with E-state index in [-0.39, 0.29) is 5.91 Å². The maximum Gasteiger partial charge on any atom is 0.296 e. The molecule has 0 aromatic heterocycles. The van der Waals surface area contributed by atoms with Crippen LogP contribution in [0.5, 0.6) is 0 Å². The molecule has 0 bridgehead atoms. The molecule has 1 aromatic carbocycles. The van der Waals surface area contributed by atoms with Gasteiger partial charge in [-0.3, -0.25) is 4.79 Å². The van der Waals surface area contributed by atoms with Crippen molar-refractivity contribution in [3.63, 3.8) is 0 Å². The van der Waals surface area contributed by atoms with Gasteiger partial charge in [0.25, 0.3) is 5.91 Å². The van der Waals surface area contributed by atoms with Gasteiger partial charge in [-0.2, -0.15) is 0 Å². The zero-order chi connectivity index (χ0) is 10.9. The summed E-state index contributed by atoms with van der Waals surface area (Å²) in [7, 11) is 0. The normalized spacial score (nSPS) is 8.87. The van der Waals surface area contributed by atoms with Crippen molar-refractivity contribution >= 4 is 5.91 Å². The van der Waals surface area contributed by atoms with E-state index in [9.17, 15) is 4.79 Å². The van der Waals surface area contributed by atoms with Gasteiger partial charge < -0.3 is 11.1 Å². The van der Waals surface area contributed by atoms with E-state index < -0.39 is 0 Å².